The number of nitrogens with one attached hydrogen (secondary N) is 1. The van der Waals surface area contributed by atoms with Gasteiger partial charge in [-0.2, -0.15) is 0 Å². The molecule has 5 nitrogen and oxygen atoms in total. The van der Waals surface area contributed by atoms with Gasteiger partial charge in [-0.3, -0.25) is 4.79 Å². The van der Waals surface area contributed by atoms with Gasteiger partial charge in [0, 0.05) is 17.7 Å². The third kappa shape index (κ3) is 3.79. The molecule has 2 aromatic rings. The molecule has 3 saturated carbocycles. The molecule has 0 amide bonds. The summed E-state index contributed by atoms with van der Waals surface area (Å²) in [6.45, 7) is 2.27. The summed E-state index contributed by atoms with van der Waals surface area (Å²) in [7, 11) is 0. The standard InChI is InChI=1S/C21H24ClN3O2/c1-2-27-20(26)18-14-8-10-15(11-9-14)19(18)24-17-12-16(23-21(22)25-17)13-6-4-3-5-7-13/h3-7,12,14-15,18-19H,2,8-11H2,1H3,(H,23,24,25)/t14?,15?,18-,19-/m0/s1. The SMILES string of the molecule is CCOC(=O)[C@H]1C2CCC(CC2)[C@@H]1Nc1cc(-c2ccccc2)nc(Cl)n1. The maximum Gasteiger partial charge on any atom is 0.311 e. The van der Waals surface area contributed by atoms with Gasteiger partial charge < -0.3 is 10.1 Å². The van der Waals surface area contributed by atoms with Gasteiger partial charge in [-0.1, -0.05) is 30.3 Å². The van der Waals surface area contributed by atoms with Crippen LogP contribution in [-0.2, 0) is 9.53 Å². The number of hydrogen-bond donors (Lipinski definition) is 1. The summed E-state index contributed by atoms with van der Waals surface area (Å²) in [5.74, 6) is 1.30. The summed E-state index contributed by atoms with van der Waals surface area (Å²) in [5, 5.41) is 3.72. The number of anilines is 1. The van der Waals surface area contributed by atoms with Crippen LogP contribution in [0.1, 0.15) is 32.6 Å². The lowest BCUT2D eigenvalue weighted by Crippen LogP contribution is -2.52. The van der Waals surface area contributed by atoms with E-state index in [4.69, 9.17) is 16.3 Å². The van der Waals surface area contributed by atoms with Crippen LogP contribution in [0, 0.1) is 17.8 Å². The van der Waals surface area contributed by atoms with Gasteiger partial charge in [-0.25, -0.2) is 9.97 Å². The predicted molar refractivity (Wildman–Crippen MR) is 105 cm³/mol. The molecule has 1 aromatic heterocycles. The van der Waals surface area contributed by atoms with Crippen LogP contribution in [0.3, 0.4) is 0 Å². The van der Waals surface area contributed by atoms with E-state index < -0.39 is 0 Å². The van der Waals surface area contributed by atoms with Crippen molar-refractivity contribution in [3.8, 4) is 11.3 Å². The monoisotopic (exact) mass is 385 g/mol. The minimum Gasteiger partial charge on any atom is -0.466 e. The first-order valence-corrected chi connectivity index (χ1v) is 10.1. The van der Waals surface area contributed by atoms with Crippen molar-refractivity contribution in [3.63, 3.8) is 0 Å². The highest BCUT2D eigenvalue weighted by molar-refractivity contribution is 6.28. The summed E-state index contributed by atoms with van der Waals surface area (Å²) in [6, 6.07) is 11.8. The molecule has 0 saturated heterocycles. The number of nitrogens with zero attached hydrogens (tertiary/aromatic N) is 2. The Morgan fingerprint density at radius 3 is 2.56 bits per heavy atom. The van der Waals surface area contributed by atoms with Crippen LogP contribution in [0.15, 0.2) is 36.4 Å². The van der Waals surface area contributed by atoms with Crippen molar-refractivity contribution in [1.29, 1.82) is 0 Å². The second-order valence-corrected chi connectivity index (χ2v) is 7.73. The Morgan fingerprint density at radius 2 is 1.85 bits per heavy atom. The van der Waals surface area contributed by atoms with Crippen molar-refractivity contribution < 1.29 is 9.53 Å². The lowest BCUT2D eigenvalue weighted by molar-refractivity contribution is -0.154. The van der Waals surface area contributed by atoms with Crippen molar-refractivity contribution in [2.45, 2.75) is 38.6 Å². The number of halogens is 1. The average Bonchev–Trinajstić information content (AvgIpc) is 2.69. The van der Waals surface area contributed by atoms with Gasteiger partial charge in [-0.05, 0) is 56.0 Å². The average molecular weight is 386 g/mol. The Balaban J connectivity index is 1.62. The quantitative estimate of drug-likeness (QED) is 0.603. The van der Waals surface area contributed by atoms with E-state index in [-0.39, 0.29) is 23.2 Å². The molecular weight excluding hydrogens is 362 g/mol. The Bertz CT molecular complexity index is 806. The summed E-state index contributed by atoms with van der Waals surface area (Å²) in [5.41, 5.74) is 1.75. The number of hydrogen-bond acceptors (Lipinski definition) is 5. The summed E-state index contributed by atoms with van der Waals surface area (Å²) in [4.78, 5) is 21.3. The molecule has 3 fully saturated rings. The lowest BCUT2D eigenvalue weighted by Gasteiger charge is -2.47. The highest BCUT2D eigenvalue weighted by atomic mass is 35.5. The molecule has 2 atom stereocenters. The molecule has 1 N–H and O–H groups in total. The molecule has 0 unspecified atom stereocenters. The topological polar surface area (TPSA) is 64.1 Å². The minimum absolute atomic E-state index is 0.0335. The Labute approximate surface area is 164 Å². The van der Waals surface area contributed by atoms with Crippen LogP contribution in [-0.4, -0.2) is 28.6 Å². The second-order valence-electron chi connectivity index (χ2n) is 7.40. The minimum atomic E-state index is -0.119. The number of fused-ring (bicyclic) bond motifs is 3. The molecule has 3 aliphatic carbocycles. The maximum atomic E-state index is 12.6. The van der Waals surface area contributed by atoms with Crippen LogP contribution < -0.4 is 5.32 Å². The van der Waals surface area contributed by atoms with Gasteiger partial charge in [0.2, 0.25) is 5.28 Å². The van der Waals surface area contributed by atoms with Crippen LogP contribution in [0.4, 0.5) is 5.82 Å². The van der Waals surface area contributed by atoms with Gasteiger partial charge in [0.25, 0.3) is 0 Å². The summed E-state index contributed by atoms with van der Waals surface area (Å²) >= 11 is 6.19. The van der Waals surface area contributed by atoms with Crippen molar-refractivity contribution in [1.82, 2.24) is 9.97 Å². The maximum absolute atomic E-state index is 12.6. The smallest absolute Gasteiger partial charge is 0.311 e. The van der Waals surface area contributed by atoms with Crippen molar-refractivity contribution in [2.75, 3.05) is 11.9 Å². The van der Waals surface area contributed by atoms with E-state index in [0.29, 0.717) is 24.3 Å². The van der Waals surface area contributed by atoms with Gasteiger partial charge in [-0.15, -0.1) is 0 Å². The molecule has 6 heteroatoms. The van der Waals surface area contributed by atoms with Crippen LogP contribution in [0.5, 0.6) is 0 Å². The zero-order valence-corrected chi connectivity index (χ0v) is 16.2. The lowest BCUT2D eigenvalue weighted by atomic mass is 9.61. The van der Waals surface area contributed by atoms with Gasteiger partial charge in [0.15, 0.2) is 0 Å². The van der Waals surface area contributed by atoms with E-state index in [9.17, 15) is 4.79 Å². The van der Waals surface area contributed by atoms with E-state index in [1.807, 2.05) is 43.3 Å². The fourth-order valence-corrected chi connectivity index (χ4v) is 4.84. The highest BCUT2D eigenvalue weighted by Crippen LogP contribution is 2.46. The Kier molecular flexibility index (Phi) is 5.30. The van der Waals surface area contributed by atoms with Crippen LogP contribution >= 0.6 is 11.6 Å². The molecule has 0 spiro atoms. The third-order valence-electron chi connectivity index (χ3n) is 5.86. The van der Waals surface area contributed by atoms with E-state index in [1.165, 1.54) is 0 Å². The van der Waals surface area contributed by atoms with Gasteiger partial charge in [0.1, 0.15) is 5.82 Å². The first-order valence-electron chi connectivity index (χ1n) is 9.69. The van der Waals surface area contributed by atoms with Crippen LogP contribution in [0.2, 0.25) is 5.28 Å². The number of aromatic nitrogens is 2. The molecule has 3 aliphatic rings. The molecular formula is C21H24ClN3O2. The number of esters is 1. The van der Waals surface area contributed by atoms with E-state index in [0.717, 1.165) is 36.9 Å². The van der Waals surface area contributed by atoms with Crippen molar-refractivity contribution >= 4 is 23.4 Å². The Morgan fingerprint density at radius 1 is 1.15 bits per heavy atom. The van der Waals surface area contributed by atoms with Crippen molar-refractivity contribution in [3.05, 3.63) is 41.7 Å². The molecule has 5 rings (SSSR count). The Hall–Kier alpha value is -2.14. The van der Waals surface area contributed by atoms with E-state index in [1.54, 1.807) is 0 Å². The van der Waals surface area contributed by atoms with E-state index >= 15 is 0 Å². The number of carbonyl (C=O) groups excluding carboxylic acids is 1. The summed E-state index contributed by atoms with van der Waals surface area (Å²) < 4.78 is 5.38. The number of carbonyl (C=O) groups is 1. The molecule has 0 aliphatic heterocycles. The molecule has 2 bridgehead atoms. The molecule has 1 heterocycles. The predicted octanol–water partition coefficient (Wildman–Crippen LogP) is 4.58. The largest absolute Gasteiger partial charge is 0.466 e. The van der Waals surface area contributed by atoms with Crippen molar-refractivity contribution in [2.24, 2.45) is 17.8 Å². The molecule has 1 aromatic carbocycles. The number of rotatable bonds is 5. The number of ether oxygens (including phenoxy) is 1. The summed E-state index contributed by atoms with van der Waals surface area (Å²) in [6.07, 6.45) is 4.49. The molecule has 142 valence electrons. The zero-order chi connectivity index (χ0) is 18.8. The normalized spacial score (nSPS) is 26.6. The third-order valence-corrected chi connectivity index (χ3v) is 6.03. The molecule has 27 heavy (non-hydrogen) atoms. The second kappa shape index (κ2) is 7.85. The van der Waals surface area contributed by atoms with Crippen LogP contribution in [0.25, 0.3) is 11.3 Å². The van der Waals surface area contributed by atoms with Gasteiger partial charge >= 0.3 is 5.97 Å². The zero-order valence-electron chi connectivity index (χ0n) is 15.4. The first kappa shape index (κ1) is 18.2. The fourth-order valence-electron chi connectivity index (χ4n) is 4.65. The number of benzene rings is 1. The van der Waals surface area contributed by atoms with Gasteiger partial charge in [0.05, 0.1) is 18.2 Å². The fraction of sp³-hybridized carbons (Fsp3) is 0.476. The molecule has 0 radical (unpaired) electrons. The first-order chi connectivity index (χ1) is 13.2. The highest BCUT2D eigenvalue weighted by Gasteiger charge is 2.48. The van der Waals surface area contributed by atoms with E-state index in [2.05, 4.69) is 15.3 Å².